The number of Topliss-reactive ketones (excluding diaryl/α,β-unsaturated/α-hetero) is 1. The lowest BCUT2D eigenvalue weighted by atomic mass is 10.0. The van der Waals surface area contributed by atoms with Gasteiger partial charge in [-0.2, -0.15) is 0 Å². The first-order valence-corrected chi connectivity index (χ1v) is 6.65. The molecule has 100 valence electrons. The summed E-state index contributed by atoms with van der Waals surface area (Å²) in [7, 11) is 1.60. The maximum absolute atomic E-state index is 12.4. The number of carbonyl (C=O) groups excluding carboxylic acids is 2. The zero-order valence-electron chi connectivity index (χ0n) is 11.0. The van der Waals surface area contributed by atoms with Crippen molar-refractivity contribution in [2.75, 3.05) is 20.2 Å². The summed E-state index contributed by atoms with van der Waals surface area (Å²) < 4.78 is 5.08. The fourth-order valence-electron chi connectivity index (χ4n) is 3.12. The van der Waals surface area contributed by atoms with Gasteiger partial charge in [0.2, 0.25) is 0 Å². The number of hydrogen-bond acceptors (Lipinski definition) is 3. The van der Waals surface area contributed by atoms with Crippen LogP contribution >= 0.6 is 0 Å². The largest absolute Gasteiger partial charge is 0.497 e. The summed E-state index contributed by atoms with van der Waals surface area (Å²) in [5.41, 5.74) is 0.660. The molecule has 19 heavy (non-hydrogen) atoms. The lowest BCUT2D eigenvalue weighted by Gasteiger charge is -2.17. The highest BCUT2D eigenvalue weighted by molar-refractivity contribution is 5.95. The van der Waals surface area contributed by atoms with Crippen LogP contribution in [-0.2, 0) is 4.79 Å². The molecule has 0 radical (unpaired) electrons. The Morgan fingerprint density at radius 2 is 2.00 bits per heavy atom. The Morgan fingerprint density at radius 3 is 2.63 bits per heavy atom. The predicted molar refractivity (Wildman–Crippen MR) is 70.1 cm³/mol. The summed E-state index contributed by atoms with van der Waals surface area (Å²) in [5.74, 6) is 1.56. The molecule has 3 rings (SSSR count). The van der Waals surface area contributed by atoms with Gasteiger partial charge in [0.05, 0.1) is 7.11 Å². The quantitative estimate of drug-likeness (QED) is 0.813. The fourth-order valence-corrected chi connectivity index (χ4v) is 3.12. The minimum Gasteiger partial charge on any atom is -0.497 e. The number of fused-ring (bicyclic) bond motifs is 1. The van der Waals surface area contributed by atoms with E-state index < -0.39 is 0 Å². The normalized spacial score (nSPS) is 25.5. The van der Waals surface area contributed by atoms with E-state index in [0.717, 1.165) is 18.7 Å². The SMILES string of the molecule is COc1ccc(C(=O)N2CC3CCC(=O)C3C2)cc1. The van der Waals surface area contributed by atoms with E-state index in [1.54, 1.807) is 31.4 Å². The van der Waals surface area contributed by atoms with E-state index in [9.17, 15) is 9.59 Å². The molecular formula is C15H17NO3. The molecule has 0 aromatic heterocycles. The first kappa shape index (κ1) is 12.2. The summed E-state index contributed by atoms with van der Waals surface area (Å²) in [6.07, 6.45) is 1.63. The molecule has 0 bridgehead atoms. The molecule has 2 fully saturated rings. The monoisotopic (exact) mass is 259 g/mol. The Morgan fingerprint density at radius 1 is 1.26 bits per heavy atom. The van der Waals surface area contributed by atoms with Gasteiger partial charge in [0.15, 0.2) is 0 Å². The van der Waals surface area contributed by atoms with Crippen molar-refractivity contribution < 1.29 is 14.3 Å². The molecule has 1 aromatic carbocycles. The number of ether oxygens (including phenoxy) is 1. The highest BCUT2D eigenvalue weighted by Gasteiger charge is 2.43. The minimum absolute atomic E-state index is 0.0184. The number of ketones is 1. The number of carbonyl (C=O) groups is 2. The molecule has 1 aliphatic heterocycles. The average Bonchev–Trinajstić information content (AvgIpc) is 3.01. The van der Waals surface area contributed by atoms with Gasteiger partial charge in [0.25, 0.3) is 5.91 Å². The molecule has 1 aromatic rings. The molecule has 1 heterocycles. The first-order chi connectivity index (χ1) is 9.19. The predicted octanol–water partition coefficient (Wildman–Crippen LogP) is 1.75. The van der Waals surface area contributed by atoms with Crippen molar-refractivity contribution in [1.82, 2.24) is 4.90 Å². The molecule has 4 heteroatoms. The van der Waals surface area contributed by atoms with Crippen LogP contribution in [0.5, 0.6) is 5.75 Å². The molecule has 2 unspecified atom stereocenters. The lowest BCUT2D eigenvalue weighted by molar-refractivity contribution is -0.120. The highest BCUT2D eigenvalue weighted by atomic mass is 16.5. The summed E-state index contributed by atoms with van der Waals surface area (Å²) in [5, 5.41) is 0. The van der Waals surface area contributed by atoms with Crippen molar-refractivity contribution in [2.45, 2.75) is 12.8 Å². The maximum Gasteiger partial charge on any atom is 0.253 e. The Kier molecular flexibility index (Phi) is 3.01. The van der Waals surface area contributed by atoms with Gasteiger partial charge in [0, 0.05) is 31.0 Å². The number of nitrogens with zero attached hydrogens (tertiary/aromatic N) is 1. The van der Waals surface area contributed by atoms with Gasteiger partial charge < -0.3 is 9.64 Å². The van der Waals surface area contributed by atoms with E-state index in [-0.39, 0.29) is 11.8 Å². The van der Waals surface area contributed by atoms with Crippen LogP contribution in [0.2, 0.25) is 0 Å². The standard InChI is InChI=1S/C15H17NO3/c1-19-12-5-2-10(3-6-12)15(18)16-8-11-4-7-14(17)13(11)9-16/h2-3,5-6,11,13H,4,7-9H2,1H3. The molecular weight excluding hydrogens is 242 g/mol. The van der Waals surface area contributed by atoms with Crippen LogP contribution in [0.4, 0.5) is 0 Å². The van der Waals surface area contributed by atoms with E-state index in [1.165, 1.54) is 0 Å². The van der Waals surface area contributed by atoms with E-state index in [1.807, 2.05) is 4.90 Å². The Balaban J connectivity index is 1.72. The molecule has 2 atom stereocenters. The highest BCUT2D eigenvalue weighted by Crippen LogP contribution is 2.35. The van der Waals surface area contributed by atoms with Crippen molar-refractivity contribution in [3.05, 3.63) is 29.8 Å². The van der Waals surface area contributed by atoms with Gasteiger partial charge in [-0.25, -0.2) is 0 Å². The van der Waals surface area contributed by atoms with Crippen LogP contribution < -0.4 is 4.74 Å². The average molecular weight is 259 g/mol. The zero-order chi connectivity index (χ0) is 13.4. The number of rotatable bonds is 2. The number of amides is 1. The van der Waals surface area contributed by atoms with Crippen molar-refractivity contribution >= 4 is 11.7 Å². The third-order valence-electron chi connectivity index (χ3n) is 4.24. The van der Waals surface area contributed by atoms with Crippen molar-refractivity contribution in [1.29, 1.82) is 0 Å². The van der Waals surface area contributed by atoms with Crippen LogP contribution in [-0.4, -0.2) is 36.8 Å². The van der Waals surface area contributed by atoms with E-state index >= 15 is 0 Å². The Hall–Kier alpha value is -1.84. The lowest BCUT2D eigenvalue weighted by Crippen LogP contribution is -2.30. The van der Waals surface area contributed by atoms with E-state index in [2.05, 4.69) is 0 Å². The van der Waals surface area contributed by atoms with Gasteiger partial charge in [-0.1, -0.05) is 0 Å². The number of methoxy groups -OCH3 is 1. The number of benzene rings is 1. The summed E-state index contributed by atoms with van der Waals surface area (Å²) in [6, 6.07) is 7.12. The molecule has 2 aliphatic rings. The third-order valence-corrected chi connectivity index (χ3v) is 4.24. The molecule has 4 nitrogen and oxygen atoms in total. The van der Waals surface area contributed by atoms with Gasteiger partial charge in [-0.05, 0) is 36.6 Å². The van der Waals surface area contributed by atoms with E-state index in [4.69, 9.17) is 4.74 Å². The van der Waals surface area contributed by atoms with Gasteiger partial charge in [-0.3, -0.25) is 9.59 Å². The van der Waals surface area contributed by atoms with Crippen LogP contribution in [0.25, 0.3) is 0 Å². The van der Waals surface area contributed by atoms with Crippen molar-refractivity contribution in [3.63, 3.8) is 0 Å². The van der Waals surface area contributed by atoms with Gasteiger partial charge in [0.1, 0.15) is 11.5 Å². The van der Waals surface area contributed by atoms with Gasteiger partial charge in [-0.15, -0.1) is 0 Å². The van der Waals surface area contributed by atoms with Crippen LogP contribution in [0.3, 0.4) is 0 Å². The zero-order valence-corrected chi connectivity index (χ0v) is 11.0. The second-order valence-corrected chi connectivity index (χ2v) is 5.31. The molecule has 0 spiro atoms. The number of hydrogen-bond donors (Lipinski definition) is 0. The topological polar surface area (TPSA) is 46.6 Å². The van der Waals surface area contributed by atoms with Crippen LogP contribution in [0.15, 0.2) is 24.3 Å². The number of likely N-dealkylation sites (tertiary alicyclic amines) is 1. The minimum atomic E-state index is 0.0184. The summed E-state index contributed by atoms with van der Waals surface area (Å²) in [4.78, 5) is 25.9. The Labute approximate surface area is 112 Å². The van der Waals surface area contributed by atoms with E-state index in [0.29, 0.717) is 30.2 Å². The molecule has 1 saturated heterocycles. The smallest absolute Gasteiger partial charge is 0.253 e. The third kappa shape index (κ3) is 2.11. The summed E-state index contributed by atoms with van der Waals surface area (Å²) >= 11 is 0. The summed E-state index contributed by atoms with van der Waals surface area (Å²) in [6.45, 7) is 1.32. The second kappa shape index (κ2) is 4.68. The van der Waals surface area contributed by atoms with Crippen LogP contribution in [0.1, 0.15) is 23.2 Å². The van der Waals surface area contributed by atoms with Gasteiger partial charge >= 0.3 is 0 Å². The second-order valence-electron chi connectivity index (χ2n) is 5.31. The Bertz CT molecular complexity index is 509. The molecule has 1 amide bonds. The first-order valence-electron chi connectivity index (χ1n) is 6.65. The van der Waals surface area contributed by atoms with Crippen molar-refractivity contribution in [3.8, 4) is 5.75 Å². The fraction of sp³-hybridized carbons (Fsp3) is 0.467. The van der Waals surface area contributed by atoms with Crippen molar-refractivity contribution in [2.24, 2.45) is 11.8 Å². The molecule has 1 saturated carbocycles. The molecule has 0 N–H and O–H groups in total. The maximum atomic E-state index is 12.4. The van der Waals surface area contributed by atoms with Crippen LogP contribution in [0, 0.1) is 11.8 Å². The molecule has 1 aliphatic carbocycles.